The molecule has 88 valence electrons. The van der Waals surface area contributed by atoms with Crippen LogP contribution in [0.5, 0.6) is 0 Å². The molecule has 4 heteroatoms. The summed E-state index contributed by atoms with van der Waals surface area (Å²) in [6, 6.07) is 0. The standard InChI is InChI=1S/C11H21N2O.BrH/c1-4-8-13(3)9-6-12(7-10-13)11(14)5-2;/h4H,1,5-10H2,2-3H3;1H/q+1;/p-1. The molecule has 0 radical (unpaired) electrons. The van der Waals surface area contributed by atoms with E-state index >= 15 is 0 Å². The fraction of sp³-hybridized carbons (Fsp3) is 0.727. The van der Waals surface area contributed by atoms with E-state index in [1.165, 1.54) is 0 Å². The summed E-state index contributed by atoms with van der Waals surface area (Å²) in [5.74, 6) is 0.287. The van der Waals surface area contributed by atoms with Crippen molar-refractivity contribution in [2.24, 2.45) is 0 Å². The van der Waals surface area contributed by atoms with Crippen molar-refractivity contribution in [1.29, 1.82) is 0 Å². The summed E-state index contributed by atoms with van der Waals surface area (Å²) in [7, 11) is 2.23. The lowest BCUT2D eigenvalue weighted by molar-refractivity contribution is -0.907. The third-order valence-corrected chi connectivity index (χ3v) is 3.04. The summed E-state index contributed by atoms with van der Waals surface area (Å²) >= 11 is 0. The highest BCUT2D eigenvalue weighted by Gasteiger charge is 2.28. The Hall–Kier alpha value is -0.350. The van der Waals surface area contributed by atoms with Gasteiger partial charge in [-0.2, -0.15) is 0 Å². The Morgan fingerprint density at radius 3 is 2.40 bits per heavy atom. The van der Waals surface area contributed by atoms with Crippen molar-refractivity contribution in [3.63, 3.8) is 0 Å². The average Bonchev–Trinajstić information content (AvgIpc) is 2.18. The first-order chi connectivity index (χ1) is 6.61. The molecule has 1 fully saturated rings. The van der Waals surface area contributed by atoms with E-state index in [0.717, 1.165) is 37.2 Å². The van der Waals surface area contributed by atoms with Gasteiger partial charge in [0.15, 0.2) is 0 Å². The van der Waals surface area contributed by atoms with Crippen LogP contribution in [0.4, 0.5) is 0 Å². The topological polar surface area (TPSA) is 20.3 Å². The second-order valence-electron chi connectivity index (χ2n) is 4.27. The van der Waals surface area contributed by atoms with Gasteiger partial charge < -0.3 is 26.4 Å². The second kappa shape index (κ2) is 6.28. The van der Waals surface area contributed by atoms with Crippen LogP contribution in [0.15, 0.2) is 12.7 Å². The first-order valence-electron chi connectivity index (χ1n) is 5.33. The summed E-state index contributed by atoms with van der Waals surface area (Å²) in [5, 5.41) is 0. The molecule has 1 rings (SSSR count). The molecule has 0 aromatic rings. The van der Waals surface area contributed by atoms with E-state index in [9.17, 15) is 4.79 Å². The van der Waals surface area contributed by atoms with Crippen LogP contribution in [0, 0.1) is 0 Å². The lowest BCUT2D eigenvalue weighted by atomic mass is 10.2. The van der Waals surface area contributed by atoms with Crippen molar-refractivity contribution in [2.75, 3.05) is 39.8 Å². The SMILES string of the molecule is C=CC[N+]1(C)CCN(C(=O)CC)CC1.[Br-]. The summed E-state index contributed by atoms with van der Waals surface area (Å²) in [5.41, 5.74) is 0. The molecule has 1 aliphatic rings. The van der Waals surface area contributed by atoms with Gasteiger partial charge in [0.05, 0.1) is 39.8 Å². The Morgan fingerprint density at radius 2 is 2.00 bits per heavy atom. The molecule has 0 aliphatic carbocycles. The van der Waals surface area contributed by atoms with Crippen molar-refractivity contribution in [3.8, 4) is 0 Å². The van der Waals surface area contributed by atoms with Gasteiger partial charge in [-0.1, -0.05) is 13.5 Å². The van der Waals surface area contributed by atoms with E-state index in [-0.39, 0.29) is 22.9 Å². The largest absolute Gasteiger partial charge is 1.00 e. The predicted octanol–water partition coefficient (Wildman–Crippen LogP) is -2.12. The van der Waals surface area contributed by atoms with Gasteiger partial charge >= 0.3 is 0 Å². The van der Waals surface area contributed by atoms with Crippen molar-refractivity contribution in [1.82, 2.24) is 4.90 Å². The molecule has 1 aliphatic heterocycles. The lowest BCUT2D eigenvalue weighted by Crippen LogP contribution is -3.00. The van der Waals surface area contributed by atoms with E-state index in [0.29, 0.717) is 6.42 Å². The number of rotatable bonds is 3. The average molecular weight is 277 g/mol. The number of nitrogens with zero attached hydrogens (tertiary/aromatic N) is 2. The van der Waals surface area contributed by atoms with Gasteiger partial charge in [0.25, 0.3) is 0 Å². The molecular formula is C11H21BrN2O. The van der Waals surface area contributed by atoms with E-state index in [2.05, 4.69) is 13.6 Å². The van der Waals surface area contributed by atoms with Crippen molar-refractivity contribution in [3.05, 3.63) is 12.7 Å². The van der Waals surface area contributed by atoms with E-state index < -0.39 is 0 Å². The predicted molar refractivity (Wildman–Crippen MR) is 57.9 cm³/mol. The molecular weight excluding hydrogens is 256 g/mol. The van der Waals surface area contributed by atoms with Crippen LogP contribution < -0.4 is 17.0 Å². The zero-order chi connectivity index (χ0) is 10.6. The van der Waals surface area contributed by atoms with Crippen LogP contribution in [0.3, 0.4) is 0 Å². The molecule has 0 aromatic carbocycles. The van der Waals surface area contributed by atoms with E-state index in [1.54, 1.807) is 0 Å². The number of hydrogen-bond donors (Lipinski definition) is 0. The summed E-state index contributed by atoms with van der Waals surface area (Å²) < 4.78 is 1.02. The number of carbonyl (C=O) groups excluding carboxylic acids is 1. The Morgan fingerprint density at radius 1 is 1.47 bits per heavy atom. The Bertz CT molecular complexity index is 223. The zero-order valence-electron chi connectivity index (χ0n) is 9.71. The smallest absolute Gasteiger partial charge is 0.222 e. The second-order valence-corrected chi connectivity index (χ2v) is 4.27. The van der Waals surface area contributed by atoms with Gasteiger partial charge in [0, 0.05) is 6.42 Å². The highest BCUT2D eigenvalue weighted by molar-refractivity contribution is 5.75. The summed E-state index contributed by atoms with van der Waals surface area (Å²) in [6.07, 6.45) is 2.60. The van der Waals surface area contributed by atoms with Gasteiger partial charge in [0.1, 0.15) is 0 Å². The zero-order valence-corrected chi connectivity index (χ0v) is 11.3. The minimum Gasteiger partial charge on any atom is -1.00 e. The minimum absolute atomic E-state index is 0. The van der Waals surface area contributed by atoms with Crippen LogP contribution in [0.2, 0.25) is 0 Å². The molecule has 0 atom stereocenters. The molecule has 0 aromatic heterocycles. The van der Waals surface area contributed by atoms with Crippen LogP contribution in [-0.4, -0.2) is 55.1 Å². The molecule has 15 heavy (non-hydrogen) atoms. The third-order valence-electron chi connectivity index (χ3n) is 3.04. The van der Waals surface area contributed by atoms with Crippen LogP contribution >= 0.6 is 0 Å². The lowest BCUT2D eigenvalue weighted by Gasteiger charge is -2.41. The van der Waals surface area contributed by atoms with E-state index in [4.69, 9.17) is 0 Å². The van der Waals surface area contributed by atoms with Gasteiger partial charge in [-0.15, -0.1) is 0 Å². The molecule has 1 saturated heterocycles. The van der Waals surface area contributed by atoms with E-state index in [1.807, 2.05) is 17.9 Å². The van der Waals surface area contributed by atoms with Gasteiger partial charge in [-0.25, -0.2) is 0 Å². The highest BCUT2D eigenvalue weighted by atomic mass is 79.9. The number of amides is 1. The van der Waals surface area contributed by atoms with Crippen molar-refractivity contribution >= 4 is 5.91 Å². The maximum absolute atomic E-state index is 11.4. The molecule has 1 amide bonds. The molecule has 0 spiro atoms. The molecule has 0 bridgehead atoms. The minimum atomic E-state index is 0. The molecule has 0 saturated carbocycles. The maximum Gasteiger partial charge on any atom is 0.222 e. The van der Waals surface area contributed by atoms with Crippen molar-refractivity contribution in [2.45, 2.75) is 13.3 Å². The van der Waals surface area contributed by atoms with Gasteiger partial charge in [-0.05, 0) is 6.08 Å². The Kier molecular flexibility index (Phi) is 6.13. The molecule has 0 unspecified atom stereocenters. The number of hydrogen-bond acceptors (Lipinski definition) is 1. The Labute approximate surface area is 103 Å². The van der Waals surface area contributed by atoms with Crippen LogP contribution in [-0.2, 0) is 4.79 Å². The number of likely N-dealkylation sites (N-methyl/N-ethyl adjacent to an activating group) is 1. The first kappa shape index (κ1) is 14.6. The van der Waals surface area contributed by atoms with Crippen LogP contribution in [0.25, 0.3) is 0 Å². The van der Waals surface area contributed by atoms with Crippen LogP contribution in [0.1, 0.15) is 13.3 Å². The van der Waals surface area contributed by atoms with Gasteiger partial charge in [0.2, 0.25) is 5.91 Å². The maximum atomic E-state index is 11.4. The summed E-state index contributed by atoms with van der Waals surface area (Å²) in [6.45, 7) is 10.6. The number of halogens is 1. The quantitative estimate of drug-likeness (QED) is 0.426. The normalized spacial score (nSPS) is 19.2. The third kappa shape index (κ3) is 3.95. The fourth-order valence-corrected chi connectivity index (χ4v) is 1.92. The monoisotopic (exact) mass is 276 g/mol. The number of quaternary nitrogens is 1. The highest BCUT2D eigenvalue weighted by Crippen LogP contribution is 2.10. The Balaban J connectivity index is 0.00000196. The number of carbonyl (C=O) groups is 1. The van der Waals surface area contributed by atoms with Crippen molar-refractivity contribution < 1.29 is 26.3 Å². The van der Waals surface area contributed by atoms with Gasteiger partial charge in [-0.3, -0.25) is 4.79 Å². The molecule has 0 N–H and O–H groups in total. The number of piperazine rings is 1. The molecule has 3 nitrogen and oxygen atoms in total. The molecule has 1 heterocycles. The first-order valence-corrected chi connectivity index (χ1v) is 5.33. The fourth-order valence-electron chi connectivity index (χ4n) is 1.92. The summed E-state index contributed by atoms with van der Waals surface area (Å²) in [4.78, 5) is 13.4.